The van der Waals surface area contributed by atoms with E-state index in [1.54, 1.807) is 23.1 Å². The Labute approximate surface area is 104 Å². The largest absolute Gasteiger partial charge is 0.319 e. The van der Waals surface area contributed by atoms with Crippen LogP contribution in [0.3, 0.4) is 0 Å². The molecule has 5 heteroatoms. The quantitative estimate of drug-likeness (QED) is 0.419. The molecule has 0 aromatic heterocycles. The van der Waals surface area contributed by atoms with E-state index in [0.717, 1.165) is 5.57 Å². The molecule has 1 spiro atoms. The number of hydrogen-bond acceptors (Lipinski definition) is 3. The minimum atomic E-state index is -0.682. The first kappa shape index (κ1) is 11.0. The molecule has 0 saturated carbocycles. The molecule has 3 rings (SSSR count). The van der Waals surface area contributed by atoms with Crippen LogP contribution >= 0.6 is 0 Å². The third-order valence-electron chi connectivity index (χ3n) is 3.87. The lowest BCUT2D eigenvalue weighted by atomic mass is 9.77. The molecule has 2 aliphatic heterocycles. The summed E-state index contributed by atoms with van der Waals surface area (Å²) in [6.45, 7) is 4.16. The molecule has 0 N–H and O–H groups in total. The van der Waals surface area contributed by atoms with Crippen molar-refractivity contribution in [2.75, 3.05) is 6.54 Å². The first-order chi connectivity index (χ1) is 8.58. The van der Waals surface area contributed by atoms with E-state index in [1.807, 2.05) is 12.2 Å². The molecule has 0 aromatic rings. The summed E-state index contributed by atoms with van der Waals surface area (Å²) < 4.78 is 0. The van der Waals surface area contributed by atoms with Crippen molar-refractivity contribution in [3.63, 3.8) is 0 Å². The molecule has 2 heterocycles. The summed E-state index contributed by atoms with van der Waals surface area (Å²) in [6.07, 6.45) is 9.03. The predicted octanol–water partition coefficient (Wildman–Crippen LogP) is 1.43. The van der Waals surface area contributed by atoms with Gasteiger partial charge in [-0.3, -0.25) is 14.9 Å². The second-order valence-corrected chi connectivity index (χ2v) is 4.72. The predicted molar refractivity (Wildman–Crippen MR) is 65.0 cm³/mol. The molecule has 92 valence electrons. The second kappa shape index (κ2) is 3.41. The summed E-state index contributed by atoms with van der Waals surface area (Å²) in [7, 11) is 0. The van der Waals surface area contributed by atoms with Crippen LogP contribution in [-0.2, 0) is 4.79 Å². The zero-order valence-electron chi connectivity index (χ0n) is 9.70. The van der Waals surface area contributed by atoms with Gasteiger partial charge in [-0.05, 0) is 12.0 Å². The van der Waals surface area contributed by atoms with Gasteiger partial charge in [-0.2, -0.15) is 0 Å². The Morgan fingerprint density at radius 1 is 1.61 bits per heavy atom. The highest BCUT2D eigenvalue weighted by Gasteiger charge is 2.51. The van der Waals surface area contributed by atoms with Gasteiger partial charge in [0.1, 0.15) is 5.54 Å². The lowest BCUT2D eigenvalue weighted by molar-refractivity contribution is -0.433. The topological polar surface area (TPSA) is 63.5 Å². The van der Waals surface area contributed by atoms with Crippen molar-refractivity contribution in [1.82, 2.24) is 4.90 Å². The Hall–Kier alpha value is -2.17. The van der Waals surface area contributed by atoms with Gasteiger partial charge in [0.2, 0.25) is 5.91 Å². The maximum atomic E-state index is 11.9. The van der Waals surface area contributed by atoms with Gasteiger partial charge in [0.05, 0.1) is 10.8 Å². The summed E-state index contributed by atoms with van der Waals surface area (Å²) in [6, 6.07) is 0. The Balaban J connectivity index is 2.17. The number of hydrogen-bond donors (Lipinski definition) is 0. The number of nitrogens with zero attached hydrogens (tertiary/aromatic N) is 2. The number of nitro groups is 1. The van der Waals surface area contributed by atoms with E-state index in [9.17, 15) is 14.9 Å². The van der Waals surface area contributed by atoms with Crippen LogP contribution < -0.4 is 0 Å². The molecular formula is C13H12N2O3. The van der Waals surface area contributed by atoms with Crippen LogP contribution in [0.1, 0.15) is 6.42 Å². The molecule has 1 amide bonds. The van der Waals surface area contributed by atoms with Crippen LogP contribution in [0.25, 0.3) is 0 Å². The summed E-state index contributed by atoms with van der Waals surface area (Å²) in [4.78, 5) is 24.3. The summed E-state index contributed by atoms with van der Waals surface area (Å²) in [5, 5.41) is 11.1. The number of rotatable bonds is 2. The van der Waals surface area contributed by atoms with E-state index in [-0.39, 0.29) is 22.4 Å². The smallest absolute Gasteiger partial charge is 0.252 e. The fourth-order valence-electron chi connectivity index (χ4n) is 2.98. The van der Waals surface area contributed by atoms with Crippen molar-refractivity contribution in [3.05, 3.63) is 58.3 Å². The van der Waals surface area contributed by atoms with Crippen LogP contribution in [0, 0.1) is 16.0 Å². The molecule has 1 aliphatic carbocycles. The maximum Gasteiger partial charge on any atom is 0.252 e. The highest BCUT2D eigenvalue weighted by Crippen LogP contribution is 2.46. The fourth-order valence-corrected chi connectivity index (χ4v) is 2.98. The van der Waals surface area contributed by atoms with Crippen molar-refractivity contribution in [1.29, 1.82) is 0 Å². The Morgan fingerprint density at radius 3 is 3.06 bits per heavy atom. The van der Waals surface area contributed by atoms with E-state index < -0.39 is 5.54 Å². The number of carbonyl (C=O) groups excluding carboxylic acids is 1. The minimum Gasteiger partial charge on any atom is -0.319 e. The van der Waals surface area contributed by atoms with Gasteiger partial charge in [-0.15, -0.1) is 6.58 Å². The standard InChI is InChI=1S/C13H12N2O3/c1-2-9-6-10-7-12(16)14-5-3-4-13(10,14)8-11(9)15(17)18/h2-4,7-9H,1,5-6H2/t9-,13+/m0/s1. The van der Waals surface area contributed by atoms with Crippen molar-refractivity contribution in [2.24, 2.45) is 5.92 Å². The van der Waals surface area contributed by atoms with Crippen LogP contribution in [0.4, 0.5) is 0 Å². The third-order valence-corrected chi connectivity index (χ3v) is 3.87. The highest BCUT2D eigenvalue weighted by atomic mass is 16.6. The first-order valence-corrected chi connectivity index (χ1v) is 5.78. The molecule has 18 heavy (non-hydrogen) atoms. The molecule has 0 radical (unpaired) electrons. The van der Waals surface area contributed by atoms with Crippen molar-refractivity contribution < 1.29 is 9.72 Å². The molecule has 2 atom stereocenters. The van der Waals surface area contributed by atoms with E-state index in [2.05, 4.69) is 6.58 Å². The Kier molecular flexibility index (Phi) is 2.08. The zero-order chi connectivity index (χ0) is 12.9. The first-order valence-electron chi connectivity index (χ1n) is 5.78. The Bertz CT molecular complexity index is 559. The van der Waals surface area contributed by atoms with Crippen LogP contribution in [0.5, 0.6) is 0 Å². The average Bonchev–Trinajstić information content (AvgIpc) is 2.85. The zero-order valence-corrected chi connectivity index (χ0v) is 9.70. The molecule has 0 aromatic carbocycles. The van der Waals surface area contributed by atoms with Gasteiger partial charge in [0.15, 0.2) is 0 Å². The monoisotopic (exact) mass is 244 g/mol. The molecule has 0 fully saturated rings. The summed E-state index contributed by atoms with van der Waals surface area (Å²) in [5.74, 6) is -0.391. The molecule has 0 bridgehead atoms. The van der Waals surface area contributed by atoms with Crippen LogP contribution in [-0.4, -0.2) is 27.8 Å². The van der Waals surface area contributed by atoms with Crippen molar-refractivity contribution >= 4 is 5.91 Å². The fraction of sp³-hybridized carbons (Fsp3) is 0.308. The van der Waals surface area contributed by atoms with Crippen molar-refractivity contribution in [2.45, 2.75) is 12.0 Å². The third kappa shape index (κ3) is 1.19. The second-order valence-electron chi connectivity index (χ2n) is 4.72. The highest BCUT2D eigenvalue weighted by molar-refractivity contribution is 5.95. The van der Waals surface area contributed by atoms with Crippen molar-refractivity contribution in [3.8, 4) is 0 Å². The lowest BCUT2D eigenvalue weighted by Gasteiger charge is -2.35. The van der Waals surface area contributed by atoms with E-state index in [1.165, 1.54) is 0 Å². The van der Waals surface area contributed by atoms with Crippen LogP contribution in [0.2, 0.25) is 0 Å². The summed E-state index contributed by atoms with van der Waals surface area (Å²) in [5.41, 5.74) is 0.379. The normalized spacial score (nSPS) is 32.8. The van der Waals surface area contributed by atoms with Gasteiger partial charge in [0.25, 0.3) is 5.70 Å². The Morgan fingerprint density at radius 2 is 2.39 bits per heavy atom. The molecule has 3 aliphatic rings. The van der Waals surface area contributed by atoms with Gasteiger partial charge in [0, 0.05) is 18.7 Å². The lowest BCUT2D eigenvalue weighted by Crippen LogP contribution is -2.44. The van der Waals surface area contributed by atoms with Crippen LogP contribution in [0.15, 0.2) is 48.2 Å². The molecule has 0 saturated heterocycles. The number of carbonyl (C=O) groups is 1. The number of amides is 1. The van der Waals surface area contributed by atoms with Gasteiger partial charge in [-0.1, -0.05) is 18.2 Å². The molecule has 5 nitrogen and oxygen atoms in total. The molecule has 0 unspecified atom stereocenters. The van der Waals surface area contributed by atoms with E-state index >= 15 is 0 Å². The maximum absolute atomic E-state index is 11.9. The SMILES string of the molecule is C=C[C@H]1CC2=CC(=O)N3CC=C[C@@]23C=C1[N+](=O)[O-]. The van der Waals surface area contributed by atoms with Gasteiger partial charge >= 0.3 is 0 Å². The van der Waals surface area contributed by atoms with E-state index in [4.69, 9.17) is 0 Å². The van der Waals surface area contributed by atoms with Gasteiger partial charge in [-0.25, -0.2) is 0 Å². The number of allylic oxidation sites excluding steroid dienone is 1. The molecular weight excluding hydrogens is 232 g/mol. The van der Waals surface area contributed by atoms with Gasteiger partial charge < -0.3 is 4.90 Å². The summed E-state index contributed by atoms with van der Waals surface area (Å²) >= 11 is 0. The minimum absolute atomic E-state index is 0.0707. The van der Waals surface area contributed by atoms with E-state index in [0.29, 0.717) is 13.0 Å². The average molecular weight is 244 g/mol.